The van der Waals surface area contributed by atoms with Crippen LogP contribution in [0.1, 0.15) is 22.3 Å². The number of fused-ring (bicyclic) bond motifs is 3. The summed E-state index contributed by atoms with van der Waals surface area (Å²) in [6.07, 6.45) is 3.93. The van der Waals surface area contributed by atoms with E-state index in [1.54, 1.807) is 0 Å². The standard InChI is InChI=1S/C26H20N2O2/c1-2-6-18(7-3-1)26(19-10-12-20(13-11-19)29-16-21-17-30-21)22-8-4-14-27-24(22)25-23(26)9-5-15-28-25/h1-15,21H,16-17H2. The molecule has 0 radical (unpaired) electrons. The van der Waals surface area contributed by atoms with Crippen molar-refractivity contribution < 1.29 is 9.47 Å². The third kappa shape index (κ3) is 2.57. The summed E-state index contributed by atoms with van der Waals surface area (Å²) in [5.74, 6) is 0.855. The maximum Gasteiger partial charge on any atom is 0.119 e. The molecule has 4 aromatic rings. The van der Waals surface area contributed by atoms with Crippen molar-refractivity contribution in [2.24, 2.45) is 0 Å². The van der Waals surface area contributed by atoms with Crippen LogP contribution in [0.3, 0.4) is 0 Å². The summed E-state index contributed by atoms with van der Waals surface area (Å²) in [5, 5.41) is 0. The molecule has 6 rings (SSSR count). The molecule has 1 saturated heterocycles. The second kappa shape index (κ2) is 6.78. The van der Waals surface area contributed by atoms with Gasteiger partial charge in [0, 0.05) is 12.4 Å². The van der Waals surface area contributed by atoms with E-state index in [0.29, 0.717) is 6.61 Å². The second-order valence-electron chi connectivity index (χ2n) is 7.71. The summed E-state index contributed by atoms with van der Waals surface area (Å²) >= 11 is 0. The Balaban J connectivity index is 1.57. The minimum atomic E-state index is -0.466. The Morgan fingerprint density at radius 2 is 1.37 bits per heavy atom. The summed E-state index contributed by atoms with van der Waals surface area (Å²) in [5.41, 5.74) is 6.11. The van der Waals surface area contributed by atoms with Crippen molar-refractivity contribution in [3.05, 3.63) is 114 Å². The predicted molar refractivity (Wildman–Crippen MR) is 115 cm³/mol. The van der Waals surface area contributed by atoms with E-state index in [-0.39, 0.29) is 6.10 Å². The van der Waals surface area contributed by atoms with Gasteiger partial charge in [-0.3, -0.25) is 9.97 Å². The smallest absolute Gasteiger partial charge is 0.119 e. The lowest BCUT2D eigenvalue weighted by molar-refractivity contribution is 0.263. The highest BCUT2D eigenvalue weighted by molar-refractivity contribution is 5.81. The van der Waals surface area contributed by atoms with Gasteiger partial charge in [-0.2, -0.15) is 0 Å². The Bertz CT molecular complexity index is 1160. The number of aromatic nitrogens is 2. The molecule has 0 spiro atoms. The maximum absolute atomic E-state index is 5.88. The van der Waals surface area contributed by atoms with Gasteiger partial charge in [-0.1, -0.05) is 54.6 Å². The zero-order valence-electron chi connectivity index (χ0n) is 16.4. The largest absolute Gasteiger partial charge is 0.491 e. The summed E-state index contributed by atoms with van der Waals surface area (Å²) < 4.78 is 11.1. The lowest BCUT2D eigenvalue weighted by atomic mass is 9.68. The normalized spacial score (nSPS) is 17.8. The fraction of sp³-hybridized carbons (Fsp3) is 0.154. The van der Waals surface area contributed by atoms with Gasteiger partial charge in [0.2, 0.25) is 0 Å². The SMILES string of the molecule is c1ccc(C2(c3ccc(OCC4CO4)cc3)c3cccnc3-c3ncccc32)cc1. The quantitative estimate of drug-likeness (QED) is 0.410. The first-order valence-corrected chi connectivity index (χ1v) is 10.2. The van der Waals surface area contributed by atoms with E-state index in [1.165, 1.54) is 11.1 Å². The molecule has 4 heteroatoms. The molecule has 30 heavy (non-hydrogen) atoms. The summed E-state index contributed by atoms with van der Waals surface area (Å²) in [6.45, 7) is 1.39. The van der Waals surface area contributed by atoms with Crippen LogP contribution >= 0.6 is 0 Å². The van der Waals surface area contributed by atoms with Crippen molar-refractivity contribution in [3.8, 4) is 17.1 Å². The van der Waals surface area contributed by atoms with Gasteiger partial charge in [0.25, 0.3) is 0 Å². The van der Waals surface area contributed by atoms with Crippen molar-refractivity contribution >= 4 is 0 Å². The van der Waals surface area contributed by atoms with Crippen LogP contribution in [0.2, 0.25) is 0 Å². The molecule has 4 nitrogen and oxygen atoms in total. The van der Waals surface area contributed by atoms with Crippen molar-refractivity contribution in [2.75, 3.05) is 13.2 Å². The number of benzene rings is 2. The van der Waals surface area contributed by atoms with Gasteiger partial charge in [-0.05, 0) is 46.5 Å². The van der Waals surface area contributed by atoms with Crippen molar-refractivity contribution in [1.29, 1.82) is 0 Å². The average molecular weight is 392 g/mol. The lowest BCUT2D eigenvalue weighted by Gasteiger charge is -2.33. The van der Waals surface area contributed by atoms with Gasteiger partial charge >= 0.3 is 0 Å². The topological polar surface area (TPSA) is 47.5 Å². The molecule has 1 aliphatic carbocycles. The molecule has 1 atom stereocenters. The van der Waals surface area contributed by atoms with Gasteiger partial charge in [-0.25, -0.2) is 0 Å². The highest BCUT2D eigenvalue weighted by atomic mass is 16.6. The van der Waals surface area contributed by atoms with Crippen molar-refractivity contribution in [2.45, 2.75) is 11.5 Å². The number of hydrogen-bond donors (Lipinski definition) is 0. The van der Waals surface area contributed by atoms with Gasteiger partial charge in [0.15, 0.2) is 0 Å². The lowest BCUT2D eigenvalue weighted by Crippen LogP contribution is -2.28. The Morgan fingerprint density at radius 3 is 1.97 bits per heavy atom. The van der Waals surface area contributed by atoms with E-state index in [2.05, 4.69) is 54.6 Å². The molecule has 2 aromatic carbocycles. The minimum Gasteiger partial charge on any atom is -0.491 e. The summed E-state index contributed by atoms with van der Waals surface area (Å²) in [6, 6.07) is 27.4. The van der Waals surface area contributed by atoms with E-state index in [4.69, 9.17) is 19.4 Å². The number of ether oxygens (including phenoxy) is 2. The average Bonchev–Trinajstić information content (AvgIpc) is 3.60. The first-order valence-electron chi connectivity index (χ1n) is 10.2. The van der Waals surface area contributed by atoms with Gasteiger partial charge in [-0.15, -0.1) is 0 Å². The molecule has 0 bridgehead atoms. The number of nitrogens with zero attached hydrogens (tertiary/aromatic N) is 2. The maximum atomic E-state index is 5.88. The number of rotatable bonds is 5. The van der Waals surface area contributed by atoms with E-state index >= 15 is 0 Å². The summed E-state index contributed by atoms with van der Waals surface area (Å²) in [4.78, 5) is 9.44. The molecule has 146 valence electrons. The fourth-order valence-electron chi connectivity index (χ4n) is 4.57. The van der Waals surface area contributed by atoms with Crippen molar-refractivity contribution in [1.82, 2.24) is 9.97 Å². The first-order chi connectivity index (χ1) is 14.9. The van der Waals surface area contributed by atoms with Crippen molar-refractivity contribution in [3.63, 3.8) is 0 Å². The molecule has 2 aromatic heterocycles. The summed E-state index contributed by atoms with van der Waals surface area (Å²) in [7, 11) is 0. The molecular formula is C26H20N2O2. The molecule has 1 unspecified atom stereocenters. The number of pyridine rings is 2. The molecule has 0 N–H and O–H groups in total. The van der Waals surface area contributed by atoms with Gasteiger partial charge in [0.1, 0.15) is 18.5 Å². The number of epoxide rings is 1. The third-order valence-corrected chi connectivity index (χ3v) is 5.98. The minimum absolute atomic E-state index is 0.242. The number of hydrogen-bond acceptors (Lipinski definition) is 4. The Hall–Kier alpha value is -3.50. The molecule has 1 fully saturated rings. The molecule has 3 heterocycles. The van der Waals surface area contributed by atoms with Gasteiger partial charge in [0.05, 0.1) is 23.4 Å². The molecule has 1 aliphatic heterocycles. The van der Waals surface area contributed by atoms with Crippen LogP contribution in [0, 0.1) is 0 Å². The third-order valence-electron chi connectivity index (χ3n) is 5.98. The van der Waals surface area contributed by atoms with Gasteiger partial charge < -0.3 is 9.47 Å². The Kier molecular flexibility index (Phi) is 3.93. The van der Waals surface area contributed by atoms with E-state index < -0.39 is 5.41 Å². The Morgan fingerprint density at radius 1 is 0.767 bits per heavy atom. The molecular weight excluding hydrogens is 372 g/mol. The highest BCUT2D eigenvalue weighted by Gasteiger charge is 2.47. The predicted octanol–water partition coefficient (Wildman–Crippen LogP) is 4.62. The monoisotopic (exact) mass is 392 g/mol. The van der Waals surface area contributed by atoms with Crippen LogP contribution in [0.4, 0.5) is 0 Å². The van der Waals surface area contributed by atoms with E-state index in [1.807, 2.05) is 36.7 Å². The molecule has 0 amide bonds. The highest BCUT2D eigenvalue weighted by Crippen LogP contribution is 2.54. The van der Waals surface area contributed by atoms with Crippen LogP contribution in [-0.4, -0.2) is 29.3 Å². The molecule has 0 saturated carbocycles. The van der Waals surface area contributed by atoms with Crippen LogP contribution in [0.15, 0.2) is 91.3 Å². The van der Waals surface area contributed by atoms with Crippen LogP contribution in [0.25, 0.3) is 11.4 Å². The fourth-order valence-corrected chi connectivity index (χ4v) is 4.57. The second-order valence-corrected chi connectivity index (χ2v) is 7.71. The van der Waals surface area contributed by atoms with Crippen LogP contribution in [-0.2, 0) is 10.2 Å². The van der Waals surface area contributed by atoms with E-state index in [0.717, 1.165) is 34.9 Å². The Labute approximate surface area is 175 Å². The zero-order valence-corrected chi connectivity index (χ0v) is 16.4. The molecule has 2 aliphatic rings. The first kappa shape index (κ1) is 17.4. The zero-order chi connectivity index (χ0) is 20.0. The van der Waals surface area contributed by atoms with E-state index in [9.17, 15) is 0 Å². The van der Waals surface area contributed by atoms with Crippen LogP contribution < -0.4 is 4.74 Å². The van der Waals surface area contributed by atoms with Crippen LogP contribution in [0.5, 0.6) is 5.75 Å².